The summed E-state index contributed by atoms with van der Waals surface area (Å²) in [7, 11) is 0. The summed E-state index contributed by atoms with van der Waals surface area (Å²) in [6, 6.07) is 23.8. The van der Waals surface area contributed by atoms with Gasteiger partial charge < -0.3 is 0 Å². The van der Waals surface area contributed by atoms with E-state index >= 15 is 0 Å². The minimum Gasteiger partial charge on any atom is -0.269 e. The molecule has 0 spiro atoms. The molecule has 4 heteroatoms. The van der Waals surface area contributed by atoms with Gasteiger partial charge in [0, 0.05) is 0 Å². The predicted molar refractivity (Wildman–Crippen MR) is 112 cm³/mol. The third-order valence-electron chi connectivity index (χ3n) is 5.14. The number of hydrogen-bond donors (Lipinski definition) is 0. The molecule has 0 N–H and O–H groups in total. The monoisotopic (exact) mass is 378 g/mol. The van der Waals surface area contributed by atoms with Crippen LogP contribution in [0.3, 0.4) is 0 Å². The van der Waals surface area contributed by atoms with E-state index in [1.807, 2.05) is 55.5 Å². The molecule has 1 aliphatic heterocycles. The van der Waals surface area contributed by atoms with E-state index in [0.717, 1.165) is 16.7 Å². The highest BCUT2D eigenvalue weighted by Crippen LogP contribution is 2.31. The van der Waals surface area contributed by atoms with Crippen molar-refractivity contribution >= 4 is 24.0 Å². The number of carbonyl (C=O) groups is 2. The maximum atomic E-state index is 12.7. The summed E-state index contributed by atoms with van der Waals surface area (Å²) < 4.78 is 0. The molecular weight excluding hydrogens is 360 g/mol. The van der Waals surface area contributed by atoms with Gasteiger partial charge in [0.2, 0.25) is 0 Å². The average molecular weight is 378 g/mol. The summed E-state index contributed by atoms with van der Waals surface area (Å²) in [4.78, 5) is 26.7. The largest absolute Gasteiger partial charge is 0.269 e. The highest BCUT2D eigenvalue weighted by Gasteiger charge is 2.38. The summed E-state index contributed by atoms with van der Waals surface area (Å²) in [5.74, 6) is -0.495. The molecule has 140 valence electrons. The molecule has 1 atom stereocenters. The van der Waals surface area contributed by atoms with E-state index in [1.54, 1.807) is 36.4 Å². The Morgan fingerprint density at radius 1 is 0.793 bits per heavy atom. The van der Waals surface area contributed by atoms with Crippen molar-refractivity contribution in [1.29, 1.82) is 5.26 Å². The second-order valence-corrected chi connectivity index (χ2v) is 6.94. The Morgan fingerprint density at radius 3 is 1.76 bits per heavy atom. The van der Waals surface area contributed by atoms with Crippen LogP contribution in [0.15, 0.2) is 72.8 Å². The van der Waals surface area contributed by atoms with Crippen molar-refractivity contribution in [3.8, 4) is 6.07 Å². The average Bonchev–Trinajstić information content (AvgIpc) is 3.03. The molecule has 4 nitrogen and oxygen atoms in total. The van der Waals surface area contributed by atoms with E-state index in [2.05, 4.69) is 6.07 Å². The van der Waals surface area contributed by atoms with E-state index in [1.165, 1.54) is 4.90 Å². The van der Waals surface area contributed by atoms with Crippen molar-refractivity contribution in [2.45, 2.75) is 13.0 Å². The number of amides is 2. The SMILES string of the molecule is CC(c1ccc(C=Cc2ccc(C#N)cc2)cc1)N1C(=O)c2ccccc2C1=O. The van der Waals surface area contributed by atoms with Crippen LogP contribution in [0.2, 0.25) is 0 Å². The quantitative estimate of drug-likeness (QED) is 0.469. The van der Waals surface area contributed by atoms with Gasteiger partial charge in [-0.3, -0.25) is 14.5 Å². The zero-order valence-electron chi connectivity index (χ0n) is 15.9. The lowest BCUT2D eigenvalue weighted by molar-refractivity contribution is 0.0595. The lowest BCUT2D eigenvalue weighted by Crippen LogP contribution is -2.32. The number of carbonyl (C=O) groups excluding carboxylic acids is 2. The van der Waals surface area contributed by atoms with Gasteiger partial charge in [0.15, 0.2) is 0 Å². The van der Waals surface area contributed by atoms with Crippen LogP contribution in [0.1, 0.15) is 55.9 Å². The van der Waals surface area contributed by atoms with Gasteiger partial charge in [0.1, 0.15) is 0 Å². The minimum atomic E-state index is -0.348. The molecule has 0 saturated heterocycles. The van der Waals surface area contributed by atoms with Crippen molar-refractivity contribution in [2.75, 3.05) is 0 Å². The first-order valence-corrected chi connectivity index (χ1v) is 9.33. The Balaban J connectivity index is 1.50. The molecule has 2 amide bonds. The molecule has 1 unspecified atom stereocenters. The smallest absolute Gasteiger partial charge is 0.262 e. The number of nitriles is 1. The Morgan fingerprint density at radius 2 is 1.28 bits per heavy atom. The van der Waals surface area contributed by atoms with Gasteiger partial charge in [-0.25, -0.2) is 0 Å². The first-order valence-electron chi connectivity index (χ1n) is 9.33. The summed E-state index contributed by atoms with van der Waals surface area (Å²) in [6.45, 7) is 1.86. The van der Waals surface area contributed by atoms with E-state index in [0.29, 0.717) is 16.7 Å². The second-order valence-electron chi connectivity index (χ2n) is 6.94. The third kappa shape index (κ3) is 3.46. The van der Waals surface area contributed by atoms with Gasteiger partial charge >= 0.3 is 0 Å². The molecule has 1 heterocycles. The molecule has 0 aliphatic carbocycles. The van der Waals surface area contributed by atoms with Gasteiger partial charge in [-0.1, -0.05) is 60.7 Å². The molecule has 1 aliphatic rings. The maximum absolute atomic E-state index is 12.7. The van der Waals surface area contributed by atoms with Crippen LogP contribution in [0.25, 0.3) is 12.2 Å². The fourth-order valence-electron chi connectivity index (χ4n) is 3.46. The number of nitrogens with zero attached hydrogens (tertiary/aromatic N) is 2. The normalized spacial score (nSPS) is 14.1. The van der Waals surface area contributed by atoms with Gasteiger partial charge in [0.25, 0.3) is 11.8 Å². The standard InChI is InChI=1S/C25H18N2O2/c1-17(27-24(28)22-4-2-3-5-23(22)25(27)29)21-14-12-19(13-15-21)7-6-18-8-10-20(16-26)11-9-18/h2-15,17H,1H3. The van der Waals surface area contributed by atoms with E-state index in [-0.39, 0.29) is 17.9 Å². The summed E-state index contributed by atoms with van der Waals surface area (Å²) in [6.07, 6.45) is 3.96. The van der Waals surface area contributed by atoms with Crippen molar-refractivity contribution in [3.05, 3.63) is 106 Å². The number of rotatable bonds is 4. The lowest BCUT2D eigenvalue weighted by atomic mass is 10.0. The predicted octanol–water partition coefficient (Wildman–Crippen LogP) is 5.09. The fourth-order valence-corrected chi connectivity index (χ4v) is 3.46. The first-order chi connectivity index (χ1) is 14.1. The Hall–Kier alpha value is -3.97. The highest BCUT2D eigenvalue weighted by molar-refractivity contribution is 6.21. The Bertz CT molecular complexity index is 1120. The van der Waals surface area contributed by atoms with Crippen LogP contribution >= 0.6 is 0 Å². The van der Waals surface area contributed by atoms with Gasteiger partial charge in [-0.15, -0.1) is 0 Å². The van der Waals surface area contributed by atoms with Crippen LogP contribution in [-0.4, -0.2) is 16.7 Å². The zero-order chi connectivity index (χ0) is 20.4. The van der Waals surface area contributed by atoms with Crippen molar-refractivity contribution in [3.63, 3.8) is 0 Å². The molecular formula is C25H18N2O2. The van der Waals surface area contributed by atoms with Gasteiger partial charge in [-0.2, -0.15) is 5.26 Å². The Kier molecular flexibility index (Phi) is 4.80. The van der Waals surface area contributed by atoms with Crippen LogP contribution in [0.4, 0.5) is 0 Å². The summed E-state index contributed by atoms with van der Waals surface area (Å²) in [5, 5.41) is 8.86. The zero-order valence-corrected chi connectivity index (χ0v) is 15.9. The van der Waals surface area contributed by atoms with Gasteiger partial charge in [0.05, 0.1) is 28.8 Å². The van der Waals surface area contributed by atoms with Crippen molar-refractivity contribution < 1.29 is 9.59 Å². The van der Waals surface area contributed by atoms with E-state index < -0.39 is 0 Å². The molecule has 0 bridgehead atoms. The molecule has 29 heavy (non-hydrogen) atoms. The number of fused-ring (bicyclic) bond motifs is 1. The molecule has 0 radical (unpaired) electrons. The van der Waals surface area contributed by atoms with Crippen LogP contribution in [0.5, 0.6) is 0 Å². The van der Waals surface area contributed by atoms with Crippen molar-refractivity contribution in [2.24, 2.45) is 0 Å². The molecule has 0 aromatic heterocycles. The second kappa shape index (κ2) is 7.57. The van der Waals surface area contributed by atoms with Crippen molar-refractivity contribution in [1.82, 2.24) is 4.90 Å². The first kappa shape index (κ1) is 18.4. The van der Waals surface area contributed by atoms with Crippen LogP contribution in [-0.2, 0) is 0 Å². The lowest BCUT2D eigenvalue weighted by Gasteiger charge is -2.23. The summed E-state index contributed by atoms with van der Waals surface area (Å²) in [5.41, 5.74) is 4.47. The molecule has 3 aromatic carbocycles. The molecule has 0 fully saturated rings. The number of imide groups is 1. The topological polar surface area (TPSA) is 61.2 Å². The van der Waals surface area contributed by atoms with E-state index in [4.69, 9.17) is 5.26 Å². The molecule has 0 saturated carbocycles. The fraction of sp³-hybridized carbons (Fsp3) is 0.0800. The van der Waals surface area contributed by atoms with E-state index in [9.17, 15) is 9.59 Å². The Labute approximate surface area is 169 Å². The number of hydrogen-bond acceptors (Lipinski definition) is 3. The number of benzene rings is 3. The third-order valence-corrected chi connectivity index (χ3v) is 5.14. The van der Waals surface area contributed by atoms with Crippen LogP contribution in [0, 0.1) is 11.3 Å². The molecule has 4 rings (SSSR count). The molecule has 3 aromatic rings. The minimum absolute atomic E-state index is 0.247. The van der Waals surface area contributed by atoms with Gasteiger partial charge in [-0.05, 0) is 47.9 Å². The highest BCUT2D eigenvalue weighted by atomic mass is 16.2. The van der Waals surface area contributed by atoms with Crippen LogP contribution < -0.4 is 0 Å². The summed E-state index contributed by atoms with van der Waals surface area (Å²) >= 11 is 0. The maximum Gasteiger partial charge on any atom is 0.262 e.